The quantitative estimate of drug-likeness (QED) is 0.509. The number of hydrogen-bond donors (Lipinski definition) is 3. The van der Waals surface area contributed by atoms with Gasteiger partial charge in [-0.25, -0.2) is 0 Å². The zero-order valence-electron chi connectivity index (χ0n) is 18.3. The summed E-state index contributed by atoms with van der Waals surface area (Å²) in [4.78, 5) is 15.8. The number of carboxylic acids is 1. The Morgan fingerprint density at radius 1 is 1.09 bits per heavy atom. The first-order valence-electron chi connectivity index (χ1n) is 10.7. The van der Waals surface area contributed by atoms with E-state index in [-0.39, 0.29) is 4.48 Å². The Hall–Kier alpha value is -1.85. The molecule has 5 atom stereocenters. The molecule has 0 bridgehead atoms. The van der Waals surface area contributed by atoms with Gasteiger partial charge in [0, 0.05) is 27.8 Å². The third kappa shape index (κ3) is 4.72. The van der Waals surface area contributed by atoms with E-state index < -0.39 is 36.6 Å². The van der Waals surface area contributed by atoms with Gasteiger partial charge in [-0.1, -0.05) is 35.5 Å². The molecule has 0 radical (unpaired) electrons. The molecule has 8 nitrogen and oxygen atoms in total. The lowest BCUT2D eigenvalue weighted by Gasteiger charge is -2.47. The van der Waals surface area contributed by atoms with Crippen molar-refractivity contribution in [3.63, 3.8) is 0 Å². The number of halogens is 1. The molecular weight excluding hydrogens is 468 g/mol. The van der Waals surface area contributed by atoms with Crippen molar-refractivity contribution in [3.8, 4) is 0 Å². The zero-order valence-corrected chi connectivity index (χ0v) is 19.9. The standard InChI is InChI=1S/C23H27ClN2O6S/c1-26(2,22-20(29)18(27)19(28)21(32-22)23(30)31)11-5-10-25-14-6-3-4-7-16(14)33-17-9-8-13(24)12-15(17)25/h3-4,6-9,12,18-22,27-29H,5,10-11H2,1-2H3/t18-,19-,20+,21-,22+/m0/s1. The summed E-state index contributed by atoms with van der Waals surface area (Å²) in [5, 5.41) is 42.6. The molecule has 0 aromatic heterocycles. The highest BCUT2D eigenvalue weighted by molar-refractivity contribution is 7.99. The van der Waals surface area contributed by atoms with Crippen LogP contribution in [0.1, 0.15) is 6.42 Å². The Balaban J connectivity index is 1.51. The summed E-state index contributed by atoms with van der Waals surface area (Å²) in [6.45, 7) is 1.15. The minimum absolute atomic E-state index is 0.0847. The van der Waals surface area contributed by atoms with E-state index in [9.17, 15) is 25.2 Å². The maximum absolute atomic E-state index is 11.4. The van der Waals surface area contributed by atoms with E-state index in [1.807, 2.05) is 30.3 Å². The molecule has 33 heavy (non-hydrogen) atoms. The number of aliphatic hydroxyl groups excluding tert-OH is 3. The Kier molecular flexibility index (Phi) is 6.93. The van der Waals surface area contributed by atoms with Crippen molar-refractivity contribution >= 4 is 40.7 Å². The Morgan fingerprint density at radius 3 is 2.52 bits per heavy atom. The second kappa shape index (κ2) is 9.42. The SMILES string of the molecule is C[N+](C)(CCCN1c2ccccc2Sc2ccc(Cl)cc21)[C@@H]1O[C@H](C(=O)[O-])[C@@H](O)[C@H](O)[C@H]1O. The van der Waals surface area contributed by atoms with Gasteiger partial charge in [0.25, 0.3) is 0 Å². The number of quaternary nitrogens is 1. The van der Waals surface area contributed by atoms with Gasteiger partial charge in [-0.05, 0) is 30.3 Å². The number of anilines is 2. The van der Waals surface area contributed by atoms with Crippen LogP contribution in [0.25, 0.3) is 0 Å². The maximum atomic E-state index is 11.4. The van der Waals surface area contributed by atoms with Gasteiger partial charge in [0.15, 0.2) is 6.10 Å². The molecule has 2 aromatic carbocycles. The summed E-state index contributed by atoms with van der Waals surface area (Å²) in [5.41, 5.74) is 2.09. The lowest BCUT2D eigenvalue weighted by molar-refractivity contribution is -0.944. The summed E-state index contributed by atoms with van der Waals surface area (Å²) in [6.07, 6.45) is -6.95. The first-order valence-corrected chi connectivity index (χ1v) is 11.9. The number of nitrogens with zero attached hydrogens (tertiary/aromatic N) is 2. The van der Waals surface area contributed by atoms with Gasteiger partial charge < -0.3 is 39.3 Å². The molecule has 2 aliphatic rings. The van der Waals surface area contributed by atoms with E-state index >= 15 is 0 Å². The fraction of sp³-hybridized carbons (Fsp3) is 0.435. The van der Waals surface area contributed by atoms with Crippen LogP contribution in [0, 0.1) is 0 Å². The van der Waals surface area contributed by atoms with Crippen molar-refractivity contribution in [2.45, 2.75) is 46.9 Å². The summed E-state index contributed by atoms with van der Waals surface area (Å²) >= 11 is 7.97. The van der Waals surface area contributed by atoms with Crippen LogP contribution < -0.4 is 10.0 Å². The predicted octanol–water partition coefficient (Wildman–Crippen LogP) is 0.967. The normalized spacial score (nSPS) is 27.1. The highest BCUT2D eigenvalue weighted by Crippen LogP contribution is 2.48. The average Bonchev–Trinajstić information content (AvgIpc) is 2.77. The second-order valence-electron chi connectivity index (χ2n) is 8.93. The number of fused-ring (bicyclic) bond motifs is 2. The summed E-state index contributed by atoms with van der Waals surface area (Å²) in [6, 6.07) is 13.9. The Labute approximate surface area is 201 Å². The molecular formula is C23H27ClN2O6S. The first kappa shape index (κ1) is 24.3. The van der Waals surface area contributed by atoms with Crippen LogP contribution >= 0.6 is 23.4 Å². The van der Waals surface area contributed by atoms with Gasteiger partial charge >= 0.3 is 0 Å². The van der Waals surface area contributed by atoms with E-state index in [1.54, 1.807) is 25.9 Å². The van der Waals surface area contributed by atoms with Crippen molar-refractivity contribution in [1.29, 1.82) is 0 Å². The topological polar surface area (TPSA) is 113 Å². The number of para-hydroxylation sites is 1. The molecule has 178 valence electrons. The molecule has 1 fully saturated rings. The molecule has 0 aliphatic carbocycles. The number of carboxylic acid groups (broad SMARTS) is 1. The fourth-order valence-electron chi connectivity index (χ4n) is 4.44. The zero-order chi connectivity index (χ0) is 23.9. The van der Waals surface area contributed by atoms with Gasteiger partial charge in [-0.15, -0.1) is 0 Å². The van der Waals surface area contributed by atoms with Gasteiger partial charge in [0.2, 0.25) is 6.23 Å². The highest BCUT2D eigenvalue weighted by atomic mass is 35.5. The molecule has 1 saturated heterocycles. The fourth-order valence-corrected chi connectivity index (χ4v) is 5.68. The third-order valence-corrected chi connectivity index (χ3v) is 7.58. The number of carbonyl (C=O) groups is 1. The molecule has 2 heterocycles. The van der Waals surface area contributed by atoms with E-state index in [0.717, 1.165) is 21.2 Å². The molecule has 0 spiro atoms. The predicted molar refractivity (Wildman–Crippen MR) is 122 cm³/mol. The van der Waals surface area contributed by atoms with Crippen molar-refractivity contribution in [1.82, 2.24) is 0 Å². The van der Waals surface area contributed by atoms with Crippen molar-refractivity contribution < 1.29 is 34.4 Å². The van der Waals surface area contributed by atoms with E-state index in [1.165, 1.54) is 0 Å². The van der Waals surface area contributed by atoms with Crippen LogP contribution in [0.15, 0.2) is 52.3 Å². The number of aliphatic hydroxyl groups is 3. The lowest BCUT2D eigenvalue weighted by atomic mass is 9.96. The molecule has 4 rings (SSSR count). The number of aliphatic carboxylic acids is 1. The van der Waals surface area contributed by atoms with Crippen LogP contribution in [-0.2, 0) is 9.53 Å². The van der Waals surface area contributed by atoms with Crippen LogP contribution in [0.5, 0.6) is 0 Å². The molecule has 10 heteroatoms. The molecule has 0 unspecified atom stereocenters. The molecule has 2 aliphatic heterocycles. The lowest BCUT2D eigenvalue weighted by Crippen LogP contribution is -2.69. The first-order chi connectivity index (χ1) is 15.6. The smallest absolute Gasteiger partial charge is 0.222 e. The van der Waals surface area contributed by atoms with Crippen LogP contribution in [0.2, 0.25) is 5.02 Å². The number of carbonyl (C=O) groups excluding carboxylic acids is 1. The van der Waals surface area contributed by atoms with Gasteiger partial charge in [0.05, 0.1) is 38.0 Å². The monoisotopic (exact) mass is 494 g/mol. The van der Waals surface area contributed by atoms with Gasteiger partial charge in [-0.3, -0.25) is 0 Å². The van der Waals surface area contributed by atoms with Gasteiger partial charge in [-0.2, -0.15) is 0 Å². The summed E-state index contributed by atoms with van der Waals surface area (Å²) in [5.74, 6) is -1.63. The van der Waals surface area contributed by atoms with Crippen molar-refractivity contribution in [2.75, 3.05) is 32.1 Å². The van der Waals surface area contributed by atoms with Crippen molar-refractivity contribution in [3.05, 3.63) is 47.5 Å². The second-order valence-corrected chi connectivity index (χ2v) is 10.4. The minimum Gasteiger partial charge on any atom is -0.547 e. The van der Waals surface area contributed by atoms with Crippen LogP contribution in [-0.4, -0.2) is 83.6 Å². The van der Waals surface area contributed by atoms with Gasteiger partial charge in [0.1, 0.15) is 18.3 Å². The van der Waals surface area contributed by atoms with Crippen LogP contribution in [0.4, 0.5) is 11.4 Å². The van der Waals surface area contributed by atoms with E-state index in [0.29, 0.717) is 24.5 Å². The minimum atomic E-state index is -1.76. The number of benzene rings is 2. The molecule has 2 aromatic rings. The maximum Gasteiger partial charge on any atom is 0.222 e. The average molecular weight is 495 g/mol. The highest BCUT2D eigenvalue weighted by Gasteiger charge is 2.50. The van der Waals surface area contributed by atoms with E-state index in [4.69, 9.17) is 16.3 Å². The number of likely N-dealkylation sites (N-methyl/N-ethyl adjacent to an activating group) is 1. The number of hydrogen-bond acceptors (Lipinski definition) is 8. The number of ether oxygens (including phenoxy) is 1. The van der Waals surface area contributed by atoms with Crippen molar-refractivity contribution in [2.24, 2.45) is 0 Å². The molecule has 0 amide bonds. The Morgan fingerprint density at radius 2 is 1.79 bits per heavy atom. The molecule has 3 N–H and O–H groups in total. The summed E-state index contributed by atoms with van der Waals surface area (Å²) in [7, 11) is 3.57. The summed E-state index contributed by atoms with van der Waals surface area (Å²) < 4.78 is 5.58. The molecule has 0 saturated carbocycles. The largest absolute Gasteiger partial charge is 0.547 e. The third-order valence-electron chi connectivity index (χ3n) is 6.21. The number of rotatable bonds is 6. The van der Waals surface area contributed by atoms with E-state index in [2.05, 4.69) is 17.0 Å². The Bertz CT molecular complexity index is 1040. The van der Waals surface area contributed by atoms with Crippen LogP contribution in [0.3, 0.4) is 0 Å².